The van der Waals surface area contributed by atoms with Crippen molar-refractivity contribution >= 4 is 11.6 Å². The molecule has 1 fully saturated rings. The van der Waals surface area contributed by atoms with Crippen molar-refractivity contribution in [3.05, 3.63) is 29.8 Å². The van der Waals surface area contributed by atoms with Gasteiger partial charge < -0.3 is 15.8 Å². The quantitative estimate of drug-likeness (QED) is 0.831. The van der Waals surface area contributed by atoms with E-state index in [9.17, 15) is 4.79 Å². The highest BCUT2D eigenvalue weighted by molar-refractivity contribution is 5.76. The standard InChI is InChI=1S/C14H20N2O2/c15-14(17)9-11-1-3-13(4-2-11)16-10-12-5-7-18-8-6-12/h1-4,12,16H,5-10H2,(H2,15,17). The molecule has 3 N–H and O–H groups in total. The fourth-order valence-corrected chi connectivity index (χ4v) is 2.15. The van der Waals surface area contributed by atoms with Gasteiger partial charge in [0.2, 0.25) is 5.91 Å². The lowest BCUT2D eigenvalue weighted by Crippen LogP contribution is -2.22. The third kappa shape index (κ3) is 4.04. The van der Waals surface area contributed by atoms with Gasteiger partial charge in [0.15, 0.2) is 0 Å². The summed E-state index contributed by atoms with van der Waals surface area (Å²) in [5, 5.41) is 3.42. The Kier molecular flexibility index (Phi) is 4.59. The minimum absolute atomic E-state index is 0.294. The van der Waals surface area contributed by atoms with Crippen LogP contribution in [0.2, 0.25) is 0 Å². The summed E-state index contributed by atoms with van der Waals surface area (Å²) in [6, 6.07) is 7.88. The molecule has 0 atom stereocenters. The Balaban J connectivity index is 1.80. The topological polar surface area (TPSA) is 64.4 Å². The number of nitrogens with one attached hydrogen (secondary N) is 1. The van der Waals surface area contributed by atoms with Crippen molar-refractivity contribution in [1.29, 1.82) is 0 Å². The third-order valence-electron chi connectivity index (χ3n) is 3.27. The molecule has 0 spiro atoms. The van der Waals surface area contributed by atoms with E-state index >= 15 is 0 Å². The minimum Gasteiger partial charge on any atom is -0.385 e. The van der Waals surface area contributed by atoms with Crippen LogP contribution in [0.25, 0.3) is 0 Å². The Morgan fingerprint density at radius 3 is 2.56 bits per heavy atom. The van der Waals surface area contributed by atoms with Crippen LogP contribution in [0.1, 0.15) is 18.4 Å². The Hall–Kier alpha value is -1.55. The lowest BCUT2D eigenvalue weighted by molar-refractivity contribution is -0.117. The molecule has 2 rings (SSSR count). The molecule has 1 amide bonds. The average Bonchev–Trinajstić information content (AvgIpc) is 2.38. The Morgan fingerprint density at radius 1 is 1.28 bits per heavy atom. The molecule has 1 aliphatic heterocycles. The second-order valence-corrected chi connectivity index (χ2v) is 4.78. The number of hydrogen-bond acceptors (Lipinski definition) is 3. The van der Waals surface area contributed by atoms with Gasteiger partial charge in [0.1, 0.15) is 0 Å². The van der Waals surface area contributed by atoms with Gasteiger partial charge in [-0.25, -0.2) is 0 Å². The zero-order chi connectivity index (χ0) is 12.8. The molecule has 1 aliphatic rings. The Labute approximate surface area is 108 Å². The molecule has 0 bridgehead atoms. The van der Waals surface area contributed by atoms with Crippen LogP contribution in [0.15, 0.2) is 24.3 Å². The summed E-state index contributed by atoms with van der Waals surface area (Å²) in [5.74, 6) is 0.405. The number of carbonyl (C=O) groups excluding carboxylic acids is 1. The van der Waals surface area contributed by atoms with Crippen LogP contribution in [0.5, 0.6) is 0 Å². The third-order valence-corrected chi connectivity index (χ3v) is 3.27. The SMILES string of the molecule is NC(=O)Cc1ccc(NCC2CCOCC2)cc1. The lowest BCUT2D eigenvalue weighted by atomic mass is 10.0. The summed E-state index contributed by atoms with van der Waals surface area (Å²) in [6.45, 7) is 2.74. The molecule has 0 aromatic heterocycles. The van der Waals surface area contributed by atoms with Crippen molar-refractivity contribution in [1.82, 2.24) is 0 Å². The van der Waals surface area contributed by atoms with Gasteiger partial charge in [-0.05, 0) is 36.5 Å². The molecule has 4 heteroatoms. The van der Waals surface area contributed by atoms with E-state index in [4.69, 9.17) is 10.5 Å². The number of amides is 1. The number of ether oxygens (including phenoxy) is 1. The van der Waals surface area contributed by atoms with E-state index < -0.39 is 0 Å². The van der Waals surface area contributed by atoms with E-state index in [2.05, 4.69) is 5.32 Å². The van der Waals surface area contributed by atoms with Crippen LogP contribution in [0.4, 0.5) is 5.69 Å². The highest BCUT2D eigenvalue weighted by Crippen LogP contribution is 2.16. The maximum absolute atomic E-state index is 10.8. The zero-order valence-corrected chi connectivity index (χ0v) is 10.5. The summed E-state index contributed by atoms with van der Waals surface area (Å²) in [6.07, 6.45) is 2.57. The normalized spacial score (nSPS) is 16.4. The molecule has 0 aliphatic carbocycles. The molecular weight excluding hydrogens is 228 g/mol. The summed E-state index contributed by atoms with van der Waals surface area (Å²) >= 11 is 0. The van der Waals surface area contributed by atoms with Gasteiger partial charge in [0.05, 0.1) is 6.42 Å². The van der Waals surface area contributed by atoms with Crippen LogP contribution in [0, 0.1) is 5.92 Å². The maximum Gasteiger partial charge on any atom is 0.221 e. The van der Waals surface area contributed by atoms with Gasteiger partial charge in [0, 0.05) is 25.4 Å². The molecule has 0 radical (unpaired) electrons. The Morgan fingerprint density at radius 2 is 1.94 bits per heavy atom. The smallest absolute Gasteiger partial charge is 0.221 e. The average molecular weight is 248 g/mol. The van der Waals surface area contributed by atoms with E-state index in [-0.39, 0.29) is 5.91 Å². The van der Waals surface area contributed by atoms with Crippen molar-refractivity contribution in [2.45, 2.75) is 19.3 Å². The number of carbonyl (C=O) groups is 1. The van der Waals surface area contributed by atoms with Gasteiger partial charge in [-0.1, -0.05) is 12.1 Å². The molecule has 1 aromatic carbocycles. The van der Waals surface area contributed by atoms with Gasteiger partial charge >= 0.3 is 0 Å². The number of rotatable bonds is 5. The zero-order valence-electron chi connectivity index (χ0n) is 10.5. The fourth-order valence-electron chi connectivity index (χ4n) is 2.15. The summed E-state index contributed by atoms with van der Waals surface area (Å²) < 4.78 is 5.33. The van der Waals surface area contributed by atoms with Crippen LogP contribution >= 0.6 is 0 Å². The highest BCUT2D eigenvalue weighted by atomic mass is 16.5. The van der Waals surface area contributed by atoms with E-state index in [0.717, 1.165) is 43.9 Å². The summed E-state index contributed by atoms with van der Waals surface area (Å²) in [5.41, 5.74) is 7.20. The first-order valence-electron chi connectivity index (χ1n) is 6.43. The molecule has 1 aromatic rings. The molecule has 0 saturated carbocycles. The van der Waals surface area contributed by atoms with Crippen molar-refractivity contribution < 1.29 is 9.53 Å². The van der Waals surface area contributed by atoms with Crippen LogP contribution in [0.3, 0.4) is 0 Å². The fraction of sp³-hybridized carbons (Fsp3) is 0.500. The number of hydrogen-bond donors (Lipinski definition) is 2. The second-order valence-electron chi connectivity index (χ2n) is 4.78. The molecular formula is C14H20N2O2. The van der Waals surface area contributed by atoms with Crippen LogP contribution < -0.4 is 11.1 Å². The van der Waals surface area contributed by atoms with Gasteiger partial charge in [0.25, 0.3) is 0 Å². The molecule has 1 saturated heterocycles. The Bertz CT molecular complexity index is 383. The molecule has 0 unspecified atom stereocenters. The van der Waals surface area contributed by atoms with Crippen LogP contribution in [-0.2, 0) is 16.0 Å². The van der Waals surface area contributed by atoms with Gasteiger partial charge in [-0.3, -0.25) is 4.79 Å². The highest BCUT2D eigenvalue weighted by Gasteiger charge is 2.13. The first kappa shape index (κ1) is 12.9. The molecule has 98 valence electrons. The van der Waals surface area contributed by atoms with Crippen molar-refractivity contribution in [2.75, 3.05) is 25.1 Å². The first-order chi connectivity index (χ1) is 8.74. The van der Waals surface area contributed by atoms with E-state index in [1.807, 2.05) is 24.3 Å². The molecule has 4 nitrogen and oxygen atoms in total. The molecule has 1 heterocycles. The molecule has 18 heavy (non-hydrogen) atoms. The summed E-state index contributed by atoms with van der Waals surface area (Å²) in [7, 11) is 0. The minimum atomic E-state index is -0.294. The largest absolute Gasteiger partial charge is 0.385 e. The van der Waals surface area contributed by atoms with E-state index in [0.29, 0.717) is 12.3 Å². The summed E-state index contributed by atoms with van der Waals surface area (Å²) in [4.78, 5) is 10.8. The van der Waals surface area contributed by atoms with E-state index in [1.165, 1.54) is 0 Å². The predicted octanol–water partition coefficient (Wildman–Crippen LogP) is 1.55. The van der Waals surface area contributed by atoms with E-state index in [1.54, 1.807) is 0 Å². The predicted molar refractivity (Wildman–Crippen MR) is 71.4 cm³/mol. The van der Waals surface area contributed by atoms with Crippen molar-refractivity contribution in [2.24, 2.45) is 11.7 Å². The monoisotopic (exact) mass is 248 g/mol. The van der Waals surface area contributed by atoms with Gasteiger partial charge in [-0.2, -0.15) is 0 Å². The van der Waals surface area contributed by atoms with Gasteiger partial charge in [-0.15, -0.1) is 0 Å². The number of nitrogens with two attached hydrogens (primary N) is 1. The number of primary amides is 1. The lowest BCUT2D eigenvalue weighted by Gasteiger charge is -2.22. The first-order valence-corrected chi connectivity index (χ1v) is 6.43. The van der Waals surface area contributed by atoms with Crippen molar-refractivity contribution in [3.63, 3.8) is 0 Å². The maximum atomic E-state index is 10.8. The number of anilines is 1. The van der Waals surface area contributed by atoms with Crippen LogP contribution in [-0.4, -0.2) is 25.7 Å². The van der Waals surface area contributed by atoms with Crippen molar-refractivity contribution in [3.8, 4) is 0 Å². The second kappa shape index (κ2) is 6.40. The number of benzene rings is 1.